The highest BCUT2D eigenvalue weighted by Crippen LogP contribution is 2.32. The zero-order valence-electron chi connectivity index (χ0n) is 11.0. The van der Waals surface area contributed by atoms with Crippen molar-refractivity contribution < 1.29 is 0 Å². The van der Waals surface area contributed by atoms with Gasteiger partial charge in [0.15, 0.2) is 0 Å². The molecule has 1 aromatic carbocycles. The molecular weight excluding hydrogens is 389 g/mol. The maximum atomic E-state index is 6.17. The molecule has 0 aliphatic carbocycles. The lowest BCUT2D eigenvalue weighted by Crippen LogP contribution is -2.24. The van der Waals surface area contributed by atoms with Crippen molar-refractivity contribution in [1.82, 2.24) is 5.32 Å². The summed E-state index contributed by atoms with van der Waals surface area (Å²) in [7, 11) is 0. The lowest BCUT2D eigenvalue weighted by Gasteiger charge is -2.21. The topological polar surface area (TPSA) is 12.0 Å². The van der Waals surface area contributed by atoms with Crippen LogP contribution in [0.5, 0.6) is 0 Å². The summed E-state index contributed by atoms with van der Waals surface area (Å²) in [6, 6.07) is 8.56. The van der Waals surface area contributed by atoms with Crippen molar-refractivity contribution in [3.63, 3.8) is 0 Å². The lowest BCUT2D eigenvalue weighted by atomic mass is 9.99. The van der Waals surface area contributed by atoms with Gasteiger partial charge < -0.3 is 5.32 Å². The van der Waals surface area contributed by atoms with E-state index in [2.05, 4.69) is 65.3 Å². The second-order valence-electron chi connectivity index (χ2n) is 4.49. The van der Waals surface area contributed by atoms with E-state index in [4.69, 9.17) is 11.6 Å². The fourth-order valence-electron chi connectivity index (χ4n) is 2.11. The Morgan fingerprint density at radius 3 is 2.74 bits per heavy atom. The normalized spacial score (nSPS) is 12.6. The van der Waals surface area contributed by atoms with Crippen molar-refractivity contribution in [3.8, 4) is 0 Å². The third kappa shape index (κ3) is 3.72. The molecule has 2 rings (SSSR count). The number of rotatable bonds is 5. The van der Waals surface area contributed by atoms with Gasteiger partial charge in [0.2, 0.25) is 0 Å². The third-order valence-corrected chi connectivity index (χ3v) is 5.16. The summed E-state index contributed by atoms with van der Waals surface area (Å²) in [6.45, 7) is 5.37. The number of hydrogen-bond acceptors (Lipinski definition) is 2. The lowest BCUT2D eigenvalue weighted by molar-refractivity contribution is 0.596. The van der Waals surface area contributed by atoms with Crippen LogP contribution in [-0.2, 0) is 0 Å². The maximum absolute atomic E-state index is 6.17. The van der Waals surface area contributed by atoms with Crippen LogP contribution in [-0.4, -0.2) is 6.54 Å². The summed E-state index contributed by atoms with van der Waals surface area (Å²) in [5.74, 6) is 0. The molecule has 1 N–H and O–H groups in total. The van der Waals surface area contributed by atoms with Gasteiger partial charge >= 0.3 is 0 Å². The van der Waals surface area contributed by atoms with E-state index < -0.39 is 0 Å². The summed E-state index contributed by atoms with van der Waals surface area (Å²) in [5.41, 5.74) is 2.63. The molecule has 1 heterocycles. The Kier molecular flexibility index (Phi) is 5.69. The van der Waals surface area contributed by atoms with Crippen molar-refractivity contribution in [2.75, 3.05) is 6.54 Å². The SMILES string of the molecule is CCCNC(c1cc(Cl)ccc1I)c1ccsc1C. The van der Waals surface area contributed by atoms with E-state index in [0.29, 0.717) is 0 Å². The summed E-state index contributed by atoms with van der Waals surface area (Å²) in [4.78, 5) is 1.37. The molecule has 0 fully saturated rings. The molecule has 0 aliphatic heterocycles. The Hall–Kier alpha value is -0.100. The van der Waals surface area contributed by atoms with Gasteiger partial charge in [-0.3, -0.25) is 0 Å². The van der Waals surface area contributed by atoms with Gasteiger partial charge in [-0.25, -0.2) is 0 Å². The summed E-state index contributed by atoms with van der Waals surface area (Å²) in [6.07, 6.45) is 1.12. The van der Waals surface area contributed by atoms with Crippen molar-refractivity contribution in [2.45, 2.75) is 26.3 Å². The molecule has 1 aromatic heterocycles. The van der Waals surface area contributed by atoms with Crippen LogP contribution < -0.4 is 5.32 Å². The second kappa shape index (κ2) is 7.07. The van der Waals surface area contributed by atoms with Gasteiger partial charge in [0.25, 0.3) is 0 Å². The molecule has 0 aliphatic rings. The first kappa shape index (κ1) is 15.3. The maximum Gasteiger partial charge on any atom is 0.0598 e. The van der Waals surface area contributed by atoms with Gasteiger partial charge in [-0.05, 0) is 83.3 Å². The smallest absolute Gasteiger partial charge is 0.0598 e. The minimum atomic E-state index is 0.233. The van der Waals surface area contributed by atoms with E-state index in [0.717, 1.165) is 18.0 Å². The highest BCUT2D eigenvalue weighted by molar-refractivity contribution is 14.1. The molecule has 0 saturated carbocycles. The first-order valence-corrected chi connectivity index (χ1v) is 8.69. The van der Waals surface area contributed by atoms with E-state index in [1.165, 1.54) is 19.6 Å². The van der Waals surface area contributed by atoms with Crippen molar-refractivity contribution in [3.05, 3.63) is 54.2 Å². The molecular formula is C15H17ClINS. The van der Waals surface area contributed by atoms with Crippen LogP contribution >= 0.6 is 45.5 Å². The first-order valence-electron chi connectivity index (χ1n) is 6.35. The number of benzene rings is 1. The predicted octanol–water partition coefficient (Wildman–Crippen LogP) is 5.40. The number of halogens is 2. The molecule has 1 atom stereocenters. The molecule has 2 aromatic rings. The molecule has 1 nitrogen and oxygen atoms in total. The van der Waals surface area contributed by atoms with Gasteiger partial charge in [-0.2, -0.15) is 0 Å². The van der Waals surface area contributed by atoms with E-state index in [1.807, 2.05) is 6.07 Å². The van der Waals surface area contributed by atoms with Crippen molar-refractivity contribution in [2.24, 2.45) is 0 Å². The number of thiophene rings is 1. The van der Waals surface area contributed by atoms with Crippen LogP contribution in [0.25, 0.3) is 0 Å². The zero-order valence-corrected chi connectivity index (χ0v) is 14.8. The van der Waals surface area contributed by atoms with E-state index in [-0.39, 0.29) is 6.04 Å². The molecule has 0 spiro atoms. The molecule has 102 valence electrons. The van der Waals surface area contributed by atoms with Gasteiger partial charge in [0, 0.05) is 13.5 Å². The average Bonchev–Trinajstić information content (AvgIpc) is 2.80. The summed E-state index contributed by atoms with van der Waals surface area (Å²) >= 11 is 10.3. The van der Waals surface area contributed by atoms with Crippen LogP contribution in [0.15, 0.2) is 29.6 Å². The monoisotopic (exact) mass is 405 g/mol. The quantitative estimate of drug-likeness (QED) is 0.656. The first-order chi connectivity index (χ1) is 9.13. The highest BCUT2D eigenvalue weighted by atomic mass is 127. The zero-order chi connectivity index (χ0) is 13.8. The molecule has 0 amide bonds. The Bertz CT molecular complexity index is 553. The average molecular weight is 406 g/mol. The van der Waals surface area contributed by atoms with Crippen LogP contribution in [0.1, 0.15) is 35.4 Å². The standard InChI is InChI=1S/C15H17ClINS/c1-3-7-18-15(12-6-8-19-10(12)2)13-9-11(16)4-5-14(13)17/h4-6,8-9,15,18H,3,7H2,1-2H3. The van der Waals surface area contributed by atoms with Gasteiger partial charge in [0.05, 0.1) is 6.04 Å². The van der Waals surface area contributed by atoms with E-state index in [1.54, 1.807) is 11.3 Å². The van der Waals surface area contributed by atoms with Crippen molar-refractivity contribution >= 4 is 45.5 Å². The molecule has 4 heteroatoms. The van der Waals surface area contributed by atoms with E-state index in [9.17, 15) is 0 Å². The minimum absolute atomic E-state index is 0.233. The highest BCUT2D eigenvalue weighted by Gasteiger charge is 2.19. The third-order valence-electron chi connectivity index (χ3n) is 3.08. The molecule has 1 unspecified atom stereocenters. The largest absolute Gasteiger partial charge is 0.306 e. The van der Waals surface area contributed by atoms with E-state index >= 15 is 0 Å². The van der Waals surface area contributed by atoms with Gasteiger partial charge in [-0.1, -0.05) is 18.5 Å². The molecule has 0 saturated heterocycles. The fourth-order valence-corrected chi connectivity index (χ4v) is 3.67. The summed E-state index contributed by atoms with van der Waals surface area (Å²) < 4.78 is 1.25. The Balaban J connectivity index is 2.42. The fraction of sp³-hybridized carbons (Fsp3) is 0.333. The van der Waals surface area contributed by atoms with Crippen molar-refractivity contribution in [1.29, 1.82) is 0 Å². The Morgan fingerprint density at radius 1 is 1.32 bits per heavy atom. The summed E-state index contributed by atoms with van der Waals surface area (Å²) in [5, 5.41) is 6.59. The van der Waals surface area contributed by atoms with Crippen LogP contribution in [0.2, 0.25) is 5.02 Å². The predicted molar refractivity (Wildman–Crippen MR) is 93.4 cm³/mol. The second-order valence-corrected chi connectivity index (χ2v) is 7.20. The van der Waals surface area contributed by atoms with Gasteiger partial charge in [0.1, 0.15) is 0 Å². The van der Waals surface area contributed by atoms with Crippen LogP contribution in [0, 0.1) is 10.5 Å². The van der Waals surface area contributed by atoms with Crippen LogP contribution in [0.3, 0.4) is 0 Å². The number of nitrogens with one attached hydrogen (secondary N) is 1. The molecule has 0 bridgehead atoms. The Labute approximate surface area is 137 Å². The molecule has 19 heavy (non-hydrogen) atoms. The Morgan fingerprint density at radius 2 is 2.11 bits per heavy atom. The minimum Gasteiger partial charge on any atom is -0.306 e. The molecule has 0 radical (unpaired) electrons. The number of aryl methyl sites for hydroxylation is 1. The number of hydrogen-bond donors (Lipinski definition) is 1. The van der Waals surface area contributed by atoms with Crippen LogP contribution in [0.4, 0.5) is 0 Å². The van der Waals surface area contributed by atoms with Gasteiger partial charge in [-0.15, -0.1) is 11.3 Å².